The standard InChI is InChI=1S/C12H17N5/c1-9-15-12-11(16(9)2)10(3-4-14-12)17-7-5-13-6-8-17/h3-4,13H,5-8H2,1-2H3. The Morgan fingerprint density at radius 1 is 1.29 bits per heavy atom. The van der Waals surface area contributed by atoms with Crippen LogP contribution in [0.15, 0.2) is 12.3 Å². The molecule has 1 fully saturated rings. The zero-order valence-electron chi connectivity index (χ0n) is 10.3. The van der Waals surface area contributed by atoms with Gasteiger partial charge < -0.3 is 14.8 Å². The Bertz CT molecular complexity index is 539. The topological polar surface area (TPSA) is 46.0 Å². The Morgan fingerprint density at radius 2 is 2.06 bits per heavy atom. The molecule has 0 bridgehead atoms. The zero-order chi connectivity index (χ0) is 11.8. The molecular weight excluding hydrogens is 214 g/mol. The predicted molar refractivity (Wildman–Crippen MR) is 68.3 cm³/mol. The summed E-state index contributed by atoms with van der Waals surface area (Å²) < 4.78 is 2.12. The van der Waals surface area contributed by atoms with E-state index in [0.717, 1.165) is 43.2 Å². The van der Waals surface area contributed by atoms with Crippen LogP contribution >= 0.6 is 0 Å². The second-order valence-corrected chi connectivity index (χ2v) is 4.46. The van der Waals surface area contributed by atoms with Crippen LogP contribution in [0, 0.1) is 6.92 Å². The van der Waals surface area contributed by atoms with Gasteiger partial charge in [0.25, 0.3) is 0 Å². The van der Waals surface area contributed by atoms with Gasteiger partial charge in [-0.25, -0.2) is 9.97 Å². The van der Waals surface area contributed by atoms with Crippen molar-refractivity contribution >= 4 is 16.9 Å². The van der Waals surface area contributed by atoms with E-state index >= 15 is 0 Å². The van der Waals surface area contributed by atoms with Crippen molar-refractivity contribution in [1.82, 2.24) is 19.9 Å². The van der Waals surface area contributed by atoms with E-state index in [0.29, 0.717) is 0 Å². The van der Waals surface area contributed by atoms with Crippen LogP contribution in [-0.4, -0.2) is 40.7 Å². The lowest BCUT2D eigenvalue weighted by molar-refractivity contribution is 0.589. The molecule has 0 amide bonds. The van der Waals surface area contributed by atoms with Gasteiger partial charge in [-0.1, -0.05) is 0 Å². The molecular formula is C12H17N5. The van der Waals surface area contributed by atoms with Crippen molar-refractivity contribution in [2.24, 2.45) is 7.05 Å². The molecule has 90 valence electrons. The lowest BCUT2D eigenvalue weighted by Gasteiger charge is -2.29. The average Bonchev–Trinajstić information content (AvgIpc) is 2.66. The molecule has 0 radical (unpaired) electrons. The molecule has 0 aromatic carbocycles. The van der Waals surface area contributed by atoms with Gasteiger partial charge in [-0.05, 0) is 13.0 Å². The zero-order valence-corrected chi connectivity index (χ0v) is 10.3. The van der Waals surface area contributed by atoms with Gasteiger partial charge in [-0.2, -0.15) is 0 Å². The quantitative estimate of drug-likeness (QED) is 0.784. The van der Waals surface area contributed by atoms with E-state index in [1.807, 2.05) is 13.1 Å². The molecule has 5 nitrogen and oxygen atoms in total. The molecule has 1 saturated heterocycles. The Kier molecular flexibility index (Phi) is 2.48. The largest absolute Gasteiger partial charge is 0.367 e. The maximum atomic E-state index is 4.48. The third-order valence-corrected chi connectivity index (χ3v) is 3.43. The molecule has 0 unspecified atom stereocenters. The fourth-order valence-electron chi connectivity index (χ4n) is 2.39. The third kappa shape index (κ3) is 1.67. The fourth-order valence-corrected chi connectivity index (χ4v) is 2.39. The molecule has 1 aliphatic heterocycles. The van der Waals surface area contributed by atoms with Crippen LogP contribution in [0.5, 0.6) is 0 Å². The van der Waals surface area contributed by atoms with Crippen LogP contribution in [0.2, 0.25) is 0 Å². The normalized spacial score (nSPS) is 16.7. The summed E-state index contributed by atoms with van der Waals surface area (Å²) in [5.41, 5.74) is 3.24. The lowest BCUT2D eigenvalue weighted by atomic mass is 10.2. The van der Waals surface area contributed by atoms with Crippen LogP contribution in [0.3, 0.4) is 0 Å². The number of rotatable bonds is 1. The van der Waals surface area contributed by atoms with E-state index < -0.39 is 0 Å². The highest BCUT2D eigenvalue weighted by atomic mass is 15.2. The Hall–Kier alpha value is -1.62. The number of hydrogen-bond donors (Lipinski definition) is 1. The number of fused-ring (bicyclic) bond motifs is 1. The predicted octanol–water partition coefficient (Wildman–Crippen LogP) is 0.686. The van der Waals surface area contributed by atoms with Crippen LogP contribution in [0.4, 0.5) is 5.69 Å². The van der Waals surface area contributed by atoms with Gasteiger partial charge in [0.2, 0.25) is 0 Å². The summed E-state index contributed by atoms with van der Waals surface area (Å²) in [5, 5.41) is 3.37. The number of imidazole rings is 1. The number of nitrogens with zero attached hydrogens (tertiary/aromatic N) is 4. The van der Waals surface area contributed by atoms with Crippen molar-refractivity contribution in [3.8, 4) is 0 Å². The minimum atomic E-state index is 0.848. The van der Waals surface area contributed by atoms with Gasteiger partial charge in [0.1, 0.15) is 11.3 Å². The summed E-state index contributed by atoms with van der Waals surface area (Å²) in [6, 6.07) is 2.09. The SMILES string of the molecule is Cc1nc2nccc(N3CCNCC3)c2n1C. The fraction of sp³-hybridized carbons (Fsp3) is 0.500. The van der Waals surface area contributed by atoms with Gasteiger partial charge in [0.05, 0.1) is 5.69 Å². The molecule has 1 N–H and O–H groups in total. The number of aryl methyl sites for hydroxylation is 2. The number of piperazine rings is 1. The molecule has 0 saturated carbocycles. The molecule has 2 aromatic rings. The van der Waals surface area contributed by atoms with E-state index in [2.05, 4.69) is 37.9 Å². The van der Waals surface area contributed by atoms with Gasteiger partial charge in [0.15, 0.2) is 5.65 Å². The molecule has 1 aliphatic rings. The van der Waals surface area contributed by atoms with Crippen molar-refractivity contribution < 1.29 is 0 Å². The number of hydrogen-bond acceptors (Lipinski definition) is 4. The first-order valence-corrected chi connectivity index (χ1v) is 6.01. The van der Waals surface area contributed by atoms with E-state index in [-0.39, 0.29) is 0 Å². The minimum Gasteiger partial charge on any atom is -0.367 e. The number of anilines is 1. The van der Waals surface area contributed by atoms with Crippen molar-refractivity contribution in [1.29, 1.82) is 0 Å². The highest BCUT2D eigenvalue weighted by Gasteiger charge is 2.16. The van der Waals surface area contributed by atoms with E-state index in [1.54, 1.807) is 0 Å². The smallest absolute Gasteiger partial charge is 0.180 e. The summed E-state index contributed by atoms with van der Waals surface area (Å²) in [5.74, 6) is 1.01. The molecule has 17 heavy (non-hydrogen) atoms. The first kappa shape index (κ1) is 10.5. The Balaban J connectivity index is 2.14. The van der Waals surface area contributed by atoms with Crippen molar-refractivity contribution in [2.45, 2.75) is 6.92 Å². The van der Waals surface area contributed by atoms with E-state index in [9.17, 15) is 0 Å². The Morgan fingerprint density at radius 3 is 2.82 bits per heavy atom. The summed E-state index contributed by atoms with van der Waals surface area (Å²) in [7, 11) is 2.05. The summed E-state index contributed by atoms with van der Waals surface area (Å²) in [6.45, 7) is 6.19. The van der Waals surface area contributed by atoms with Crippen molar-refractivity contribution in [2.75, 3.05) is 31.1 Å². The maximum Gasteiger partial charge on any atom is 0.180 e. The molecule has 0 aliphatic carbocycles. The summed E-state index contributed by atoms with van der Waals surface area (Å²) in [4.78, 5) is 11.2. The lowest BCUT2D eigenvalue weighted by Crippen LogP contribution is -2.43. The number of aromatic nitrogens is 3. The highest BCUT2D eigenvalue weighted by Crippen LogP contribution is 2.25. The molecule has 5 heteroatoms. The van der Waals surface area contributed by atoms with Gasteiger partial charge >= 0.3 is 0 Å². The monoisotopic (exact) mass is 231 g/mol. The summed E-state index contributed by atoms with van der Waals surface area (Å²) in [6.07, 6.45) is 1.85. The highest BCUT2D eigenvalue weighted by molar-refractivity contribution is 5.86. The van der Waals surface area contributed by atoms with Gasteiger partial charge in [0, 0.05) is 39.4 Å². The number of nitrogens with one attached hydrogen (secondary N) is 1. The first-order valence-electron chi connectivity index (χ1n) is 6.01. The third-order valence-electron chi connectivity index (χ3n) is 3.43. The second-order valence-electron chi connectivity index (χ2n) is 4.46. The van der Waals surface area contributed by atoms with Crippen LogP contribution < -0.4 is 10.2 Å². The summed E-state index contributed by atoms with van der Waals surface area (Å²) >= 11 is 0. The van der Waals surface area contributed by atoms with Crippen LogP contribution in [0.25, 0.3) is 11.2 Å². The van der Waals surface area contributed by atoms with Gasteiger partial charge in [-0.15, -0.1) is 0 Å². The van der Waals surface area contributed by atoms with E-state index in [4.69, 9.17) is 0 Å². The maximum absolute atomic E-state index is 4.48. The minimum absolute atomic E-state index is 0.848. The second kappa shape index (κ2) is 4.00. The molecule has 3 heterocycles. The number of pyridine rings is 1. The molecule has 0 atom stereocenters. The average molecular weight is 231 g/mol. The van der Waals surface area contributed by atoms with Gasteiger partial charge in [-0.3, -0.25) is 0 Å². The van der Waals surface area contributed by atoms with E-state index in [1.165, 1.54) is 5.69 Å². The molecule has 2 aromatic heterocycles. The molecule has 3 rings (SSSR count). The first-order chi connectivity index (χ1) is 8.27. The molecule has 0 spiro atoms. The van der Waals surface area contributed by atoms with Crippen LogP contribution in [-0.2, 0) is 7.05 Å². The van der Waals surface area contributed by atoms with Crippen molar-refractivity contribution in [3.63, 3.8) is 0 Å². The van der Waals surface area contributed by atoms with Crippen molar-refractivity contribution in [3.05, 3.63) is 18.1 Å². The Labute approximate surface area is 100 Å². The van der Waals surface area contributed by atoms with Crippen LogP contribution in [0.1, 0.15) is 5.82 Å².